The number of likely N-dealkylation sites (tertiary alicyclic amines) is 1. The van der Waals surface area contributed by atoms with Gasteiger partial charge in [-0.2, -0.15) is 0 Å². The highest BCUT2D eigenvalue weighted by Gasteiger charge is 2.36. The van der Waals surface area contributed by atoms with Gasteiger partial charge in [0.15, 0.2) is 0 Å². The van der Waals surface area contributed by atoms with Crippen LogP contribution in [0.3, 0.4) is 0 Å². The Bertz CT molecular complexity index is 256. The third-order valence-corrected chi connectivity index (χ3v) is 5.08. The predicted octanol–water partition coefficient (Wildman–Crippen LogP) is 1.16. The van der Waals surface area contributed by atoms with Gasteiger partial charge in [0, 0.05) is 45.3 Å². The first-order valence-electron chi connectivity index (χ1n) is 7.42. The van der Waals surface area contributed by atoms with Gasteiger partial charge < -0.3 is 10.2 Å². The van der Waals surface area contributed by atoms with Gasteiger partial charge in [0.25, 0.3) is 0 Å². The van der Waals surface area contributed by atoms with E-state index in [-0.39, 0.29) is 0 Å². The van der Waals surface area contributed by atoms with E-state index in [0.717, 1.165) is 6.04 Å². The van der Waals surface area contributed by atoms with Gasteiger partial charge in [-0.05, 0) is 31.2 Å². The predicted molar refractivity (Wildman–Crippen MR) is 71.2 cm³/mol. The molecule has 0 aromatic carbocycles. The van der Waals surface area contributed by atoms with Crippen molar-refractivity contribution in [1.82, 2.24) is 15.1 Å². The molecule has 2 aliphatic heterocycles. The maximum atomic E-state index is 3.45. The Balaban J connectivity index is 1.47. The van der Waals surface area contributed by atoms with Gasteiger partial charge in [-0.25, -0.2) is 0 Å². The lowest BCUT2D eigenvalue weighted by molar-refractivity contribution is 0.0906. The van der Waals surface area contributed by atoms with Gasteiger partial charge in [0.05, 0.1) is 0 Å². The standard InChI is InChI=1S/C14H27N3/c1-14(4-2-5-14)12-16-8-3-13(11-16)17-9-6-15-7-10-17/h13,15H,2-12H2,1H3. The molecule has 2 saturated heterocycles. The molecule has 3 aliphatic rings. The van der Waals surface area contributed by atoms with Crippen LogP contribution < -0.4 is 5.32 Å². The highest BCUT2D eigenvalue weighted by molar-refractivity contribution is 4.91. The van der Waals surface area contributed by atoms with Crippen LogP contribution in [0.1, 0.15) is 32.6 Å². The third-order valence-electron chi connectivity index (χ3n) is 5.08. The summed E-state index contributed by atoms with van der Waals surface area (Å²) in [6.07, 6.45) is 5.78. The molecule has 0 spiro atoms. The number of rotatable bonds is 3. The van der Waals surface area contributed by atoms with Crippen molar-refractivity contribution >= 4 is 0 Å². The number of hydrogen-bond donors (Lipinski definition) is 1. The molecule has 1 saturated carbocycles. The van der Waals surface area contributed by atoms with Crippen molar-refractivity contribution in [3.05, 3.63) is 0 Å². The summed E-state index contributed by atoms with van der Waals surface area (Å²) in [5.74, 6) is 0. The highest BCUT2D eigenvalue weighted by atomic mass is 15.3. The van der Waals surface area contributed by atoms with Gasteiger partial charge in [-0.15, -0.1) is 0 Å². The maximum Gasteiger partial charge on any atom is 0.0236 e. The summed E-state index contributed by atoms with van der Waals surface area (Å²) in [5.41, 5.74) is 0.665. The Hall–Kier alpha value is -0.120. The molecule has 1 aliphatic carbocycles. The fraction of sp³-hybridized carbons (Fsp3) is 1.00. The SMILES string of the molecule is CC1(CN2CCC(N3CCNCC3)C2)CCC1. The van der Waals surface area contributed by atoms with Gasteiger partial charge in [0.2, 0.25) is 0 Å². The van der Waals surface area contributed by atoms with Crippen molar-refractivity contribution in [3.63, 3.8) is 0 Å². The second-order valence-electron chi connectivity index (χ2n) is 6.63. The van der Waals surface area contributed by atoms with Gasteiger partial charge in [0.1, 0.15) is 0 Å². The minimum Gasteiger partial charge on any atom is -0.314 e. The lowest BCUT2D eigenvalue weighted by atomic mass is 9.70. The van der Waals surface area contributed by atoms with Crippen LogP contribution in [0, 0.1) is 5.41 Å². The summed E-state index contributed by atoms with van der Waals surface area (Å²) >= 11 is 0. The molecule has 0 radical (unpaired) electrons. The minimum absolute atomic E-state index is 0.665. The number of piperazine rings is 1. The molecule has 1 N–H and O–H groups in total. The molecule has 0 aromatic heterocycles. The van der Waals surface area contributed by atoms with Crippen LogP contribution >= 0.6 is 0 Å². The molecule has 1 unspecified atom stereocenters. The highest BCUT2D eigenvalue weighted by Crippen LogP contribution is 2.41. The number of nitrogens with one attached hydrogen (secondary N) is 1. The fourth-order valence-corrected chi connectivity index (χ4v) is 3.78. The lowest BCUT2D eigenvalue weighted by Gasteiger charge is -2.41. The smallest absolute Gasteiger partial charge is 0.0236 e. The molecule has 98 valence electrons. The second-order valence-corrected chi connectivity index (χ2v) is 6.63. The van der Waals surface area contributed by atoms with E-state index in [9.17, 15) is 0 Å². The van der Waals surface area contributed by atoms with Crippen LogP contribution in [-0.4, -0.2) is 61.7 Å². The first kappa shape index (κ1) is 11.9. The number of nitrogens with zero attached hydrogens (tertiary/aromatic N) is 2. The molecule has 17 heavy (non-hydrogen) atoms. The molecule has 3 heteroatoms. The molecule has 3 nitrogen and oxygen atoms in total. The van der Waals surface area contributed by atoms with E-state index in [1.807, 2.05) is 0 Å². The summed E-state index contributed by atoms with van der Waals surface area (Å²) < 4.78 is 0. The molecular weight excluding hydrogens is 210 g/mol. The van der Waals surface area contributed by atoms with Crippen molar-refractivity contribution < 1.29 is 0 Å². The Morgan fingerprint density at radius 1 is 1.18 bits per heavy atom. The summed E-state index contributed by atoms with van der Waals surface area (Å²) in [6.45, 7) is 11.4. The molecule has 0 aromatic rings. The van der Waals surface area contributed by atoms with Crippen molar-refractivity contribution in [3.8, 4) is 0 Å². The quantitative estimate of drug-likeness (QED) is 0.794. The molecule has 3 fully saturated rings. The molecule has 1 atom stereocenters. The van der Waals surface area contributed by atoms with E-state index in [1.165, 1.54) is 71.5 Å². The zero-order valence-corrected chi connectivity index (χ0v) is 11.2. The maximum absolute atomic E-state index is 3.45. The summed E-state index contributed by atoms with van der Waals surface area (Å²) in [5, 5.41) is 3.45. The van der Waals surface area contributed by atoms with E-state index in [0.29, 0.717) is 5.41 Å². The van der Waals surface area contributed by atoms with Crippen LogP contribution in [-0.2, 0) is 0 Å². The first-order valence-corrected chi connectivity index (χ1v) is 7.42. The van der Waals surface area contributed by atoms with Crippen molar-refractivity contribution in [1.29, 1.82) is 0 Å². The Morgan fingerprint density at radius 2 is 1.94 bits per heavy atom. The lowest BCUT2D eigenvalue weighted by Crippen LogP contribution is -2.49. The molecule has 3 rings (SSSR count). The van der Waals surface area contributed by atoms with E-state index >= 15 is 0 Å². The summed E-state index contributed by atoms with van der Waals surface area (Å²) in [6, 6.07) is 0.848. The Kier molecular flexibility index (Phi) is 3.42. The normalized spacial score (nSPS) is 34.8. The van der Waals surface area contributed by atoms with Crippen molar-refractivity contribution in [2.24, 2.45) is 5.41 Å². The second kappa shape index (κ2) is 4.87. The van der Waals surface area contributed by atoms with E-state index < -0.39 is 0 Å². The Morgan fingerprint density at radius 3 is 2.59 bits per heavy atom. The van der Waals surface area contributed by atoms with Gasteiger partial charge in [-0.3, -0.25) is 4.90 Å². The topological polar surface area (TPSA) is 18.5 Å². The van der Waals surface area contributed by atoms with Crippen LogP contribution in [0.5, 0.6) is 0 Å². The van der Waals surface area contributed by atoms with Gasteiger partial charge in [-0.1, -0.05) is 13.3 Å². The summed E-state index contributed by atoms with van der Waals surface area (Å²) in [4.78, 5) is 5.44. The van der Waals surface area contributed by atoms with Crippen molar-refractivity contribution in [2.45, 2.75) is 38.6 Å². The molecule has 0 amide bonds. The van der Waals surface area contributed by atoms with Crippen LogP contribution in [0.4, 0.5) is 0 Å². The zero-order valence-electron chi connectivity index (χ0n) is 11.2. The van der Waals surface area contributed by atoms with Crippen LogP contribution in [0.2, 0.25) is 0 Å². The largest absolute Gasteiger partial charge is 0.314 e. The van der Waals surface area contributed by atoms with E-state index in [4.69, 9.17) is 0 Å². The average molecular weight is 237 g/mol. The Labute approximate surface area is 106 Å². The molecule has 2 heterocycles. The fourth-order valence-electron chi connectivity index (χ4n) is 3.78. The third kappa shape index (κ3) is 2.67. The van der Waals surface area contributed by atoms with E-state index in [2.05, 4.69) is 22.0 Å². The average Bonchev–Trinajstić information content (AvgIpc) is 2.77. The monoisotopic (exact) mass is 237 g/mol. The van der Waals surface area contributed by atoms with Crippen molar-refractivity contribution in [2.75, 3.05) is 45.8 Å². The summed E-state index contributed by atoms with van der Waals surface area (Å²) in [7, 11) is 0. The molecule has 0 bridgehead atoms. The molecular formula is C14H27N3. The van der Waals surface area contributed by atoms with Gasteiger partial charge >= 0.3 is 0 Å². The number of hydrogen-bond acceptors (Lipinski definition) is 3. The minimum atomic E-state index is 0.665. The zero-order chi connectivity index (χ0) is 11.7. The van der Waals surface area contributed by atoms with Crippen LogP contribution in [0.15, 0.2) is 0 Å². The van der Waals surface area contributed by atoms with E-state index in [1.54, 1.807) is 0 Å². The first-order chi connectivity index (χ1) is 8.25. The van der Waals surface area contributed by atoms with Crippen LogP contribution in [0.25, 0.3) is 0 Å².